The summed E-state index contributed by atoms with van der Waals surface area (Å²) >= 11 is 0. The Morgan fingerprint density at radius 3 is 2.33 bits per heavy atom. The molecule has 1 aromatic carbocycles. The number of ether oxygens (including phenoxy) is 1. The number of benzene rings is 1. The van der Waals surface area contributed by atoms with E-state index >= 15 is 0 Å². The molecular formula is C15H24N2O. The van der Waals surface area contributed by atoms with Crippen molar-refractivity contribution in [2.24, 2.45) is 0 Å². The molecule has 2 rings (SSSR count). The maximum atomic E-state index is 6.04. The van der Waals surface area contributed by atoms with Gasteiger partial charge in [-0.1, -0.05) is 12.1 Å². The largest absolute Gasteiger partial charge is 0.397 e. The van der Waals surface area contributed by atoms with Crippen LogP contribution in [-0.2, 0) is 4.74 Å². The summed E-state index contributed by atoms with van der Waals surface area (Å²) in [4.78, 5) is 2.36. The van der Waals surface area contributed by atoms with E-state index in [1.54, 1.807) is 0 Å². The first-order valence-corrected chi connectivity index (χ1v) is 6.73. The van der Waals surface area contributed by atoms with Crippen LogP contribution in [0.1, 0.15) is 33.6 Å². The molecule has 1 heterocycles. The molecule has 3 heteroatoms. The van der Waals surface area contributed by atoms with E-state index in [2.05, 4.69) is 31.7 Å². The SMILES string of the molecule is CC(C)(C)OC1CCN(c2ccccc2N)CC1. The summed E-state index contributed by atoms with van der Waals surface area (Å²) in [6.07, 6.45) is 2.53. The second kappa shape index (κ2) is 5.19. The lowest BCUT2D eigenvalue weighted by molar-refractivity contribution is -0.0683. The Morgan fingerprint density at radius 1 is 1.17 bits per heavy atom. The number of anilines is 2. The van der Waals surface area contributed by atoms with E-state index in [1.807, 2.05) is 18.2 Å². The van der Waals surface area contributed by atoms with E-state index in [-0.39, 0.29) is 5.60 Å². The van der Waals surface area contributed by atoms with Gasteiger partial charge in [0.05, 0.1) is 23.1 Å². The molecular weight excluding hydrogens is 224 g/mol. The Morgan fingerprint density at radius 2 is 1.78 bits per heavy atom. The van der Waals surface area contributed by atoms with Crippen LogP contribution >= 0.6 is 0 Å². The monoisotopic (exact) mass is 248 g/mol. The van der Waals surface area contributed by atoms with Crippen molar-refractivity contribution in [2.45, 2.75) is 45.3 Å². The summed E-state index contributed by atoms with van der Waals surface area (Å²) in [5.74, 6) is 0. The molecule has 0 atom stereocenters. The molecule has 18 heavy (non-hydrogen) atoms. The van der Waals surface area contributed by atoms with Crippen molar-refractivity contribution >= 4 is 11.4 Å². The summed E-state index contributed by atoms with van der Waals surface area (Å²) in [5.41, 5.74) is 8.00. The highest BCUT2D eigenvalue weighted by Crippen LogP contribution is 2.27. The summed E-state index contributed by atoms with van der Waals surface area (Å²) in [6.45, 7) is 8.40. The predicted molar refractivity (Wildman–Crippen MR) is 76.9 cm³/mol. The van der Waals surface area contributed by atoms with Gasteiger partial charge in [0, 0.05) is 13.1 Å². The average Bonchev–Trinajstić information content (AvgIpc) is 2.29. The van der Waals surface area contributed by atoms with Crippen LogP contribution in [-0.4, -0.2) is 24.8 Å². The summed E-state index contributed by atoms with van der Waals surface area (Å²) in [7, 11) is 0. The molecule has 0 aromatic heterocycles. The molecule has 0 unspecified atom stereocenters. The molecule has 0 bridgehead atoms. The zero-order valence-electron chi connectivity index (χ0n) is 11.6. The average molecular weight is 248 g/mol. The molecule has 1 aromatic rings. The van der Waals surface area contributed by atoms with Crippen molar-refractivity contribution in [3.05, 3.63) is 24.3 Å². The molecule has 0 saturated carbocycles. The van der Waals surface area contributed by atoms with Crippen molar-refractivity contribution in [3.63, 3.8) is 0 Å². The minimum Gasteiger partial charge on any atom is -0.397 e. The highest BCUT2D eigenvalue weighted by molar-refractivity contribution is 5.67. The first-order valence-electron chi connectivity index (χ1n) is 6.73. The molecule has 1 saturated heterocycles. The summed E-state index contributed by atoms with van der Waals surface area (Å²) in [6, 6.07) is 8.09. The van der Waals surface area contributed by atoms with Crippen LogP contribution < -0.4 is 10.6 Å². The number of nitrogens with two attached hydrogens (primary N) is 1. The van der Waals surface area contributed by atoms with Gasteiger partial charge < -0.3 is 15.4 Å². The fourth-order valence-electron chi connectivity index (χ4n) is 2.49. The number of para-hydroxylation sites is 2. The van der Waals surface area contributed by atoms with Gasteiger partial charge in [-0.3, -0.25) is 0 Å². The van der Waals surface area contributed by atoms with E-state index in [1.165, 1.54) is 0 Å². The van der Waals surface area contributed by atoms with Crippen LogP contribution in [0.2, 0.25) is 0 Å². The third-order valence-corrected chi connectivity index (χ3v) is 3.24. The van der Waals surface area contributed by atoms with Gasteiger partial charge in [0.15, 0.2) is 0 Å². The number of nitrogen functional groups attached to an aromatic ring is 1. The van der Waals surface area contributed by atoms with Gasteiger partial charge in [-0.15, -0.1) is 0 Å². The van der Waals surface area contributed by atoms with E-state index in [0.29, 0.717) is 6.10 Å². The second-order valence-electron chi connectivity index (χ2n) is 5.98. The number of piperidine rings is 1. The lowest BCUT2D eigenvalue weighted by Crippen LogP contribution is -2.40. The van der Waals surface area contributed by atoms with Crippen LogP contribution in [0, 0.1) is 0 Å². The maximum Gasteiger partial charge on any atom is 0.0615 e. The van der Waals surface area contributed by atoms with E-state index in [4.69, 9.17) is 10.5 Å². The van der Waals surface area contributed by atoms with Crippen molar-refractivity contribution in [3.8, 4) is 0 Å². The number of hydrogen-bond acceptors (Lipinski definition) is 3. The highest BCUT2D eigenvalue weighted by Gasteiger charge is 2.24. The van der Waals surface area contributed by atoms with Crippen molar-refractivity contribution < 1.29 is 4.74 Å². The molecule has 3 nitrogen and oxygen atoms in total. The Kier molecular flexibility index (Phi) is 3.81. The van der Waals surface area contributed by atoms with Gasteiger partial charge in [-0.05, 0) is 45.7 Å². The summed E-state index contributed by atoms with van der Waals surface area (Å²) < 4.78 is 6.04. The van der Waals surface area contributed by atoms with Crippen LogP contribution in [0.3, 0.4) is 0 Å². The third kappa shape index (κ3) is 3.39. The van der Waals surface area contributed by atoms with Gasteiger partial charge in [0.2, 0.25) is 0 Å². The van der Waals surface area contributed by atoms with Gasteiger partial charge in [0.1, 0.15) is 0 Å². The van der Waals surface area contributed by atoms with Crippen molar-refractivity contribution in [2.75, 3.05) is 23.7 Å². The molecule has 0 aliphatic carbocycles. The van der Waals surface area contributed by atoms with E-state index in [0.717, 1.165) is 37.3 Å². The fourth-order valence-corrected chi connectivity index (χ4v) is 2.49. The molecule has 1 fully saturated rings. The zero-order chi connectivity index (χ0) is 13.2. The molecule has 0 spiro atoms. The summed E-state index contributed by atoms with van der Waals surface area (Å²) in [5, 5.41) is 0. The number of nitrogens with zero attached hydrogens (tertiary/aromatic N) is 1. The van der Waals surface area contributed by atoms with Crippen LogP contribution in [0.4, 0.5) is 11.4 Å². The Bertz CT molecular complexity index is 390. The molecule has 0 amide bonds. The lowest BCUT2D eigenvalue weighted by Gasteiger charge is -2.37. The molecule has 1 aliphatic rings. The maximum absolute atomic E-state index is 6.04. The number of hydrogen-bond donors (Lipinski definition) is 1. The van der Waals surface area contributed by atoms with E-state index < -0.39 is 0 Å². The fraction of sp³-hybridized carbons (Fsp3) is 0.600. The van der Waals surface area contributed by atoms with Gasteiger partial charge >= 0.3 is 0 Å². The topological polar surface area (TPSA) is 38.5 Å². The van der Waals surface area contributed by atoms with Crippen LogP contribution in [0.25, 0.3) is 0 Å². The quantitative estimate of drug-likeness (QED) is 0.818. The molecule has 100 valence electrons. The van der Waals surface area contributed by atoms with Crippen LogP contribution in [0.15, 0.2) is 24.3 Å². The first-order chi connectivity index (χ1) is 8.46. The third-order valence-electron chi connectivity index (χ3n) is 3.24. The standard InChI is InChI=1S/C15H24N2O/c1-15(2,3)18-12-8-10-17(11-9-12)14-7-5-4-6-13(14)16/h4-7,12H,8-11,16H2,1-3H3. The normalized spacial score (nSPS) is 18.1. The van der Waals surface area contributed by atoms with Gasteiger partial charge in [0.25, 0.3) is 0 Å². The van der Waals surface area contributed by atoms with Gasteiger partial charge in [-0.2, -0.15) is 0 Å². The highest BCUT2D eigenvalue weighted by atomic mass is 16.5. The van der Waals surface area contributed by atoms with E-state index in [9.17, 15) is 0 Å². The Hall–Kier alpha value is -1.22. The lowest BCUT2D eigenvalue weighted by atomic mass is 10.0. The van der Waals surface area contributed by atoms with Crippen molar-refractivity contribution in [1.82, 2.24) is 0 Å². The molecule has 2 N–H and O–H groups in total. The Labute approximate surface area is 110 Å². The predicted octanol–water partition coefficient (Wildman–Crippen LogP) is 3.05. The molecule has 0 radical (unpaired) electrons. The number of rotatable bonds is 2. The minimum absolute atomic E-state index is 0.0430. The zero-order valence-corrected chi connectivity index (χ0v) is 11.6. The minimum atomic E-state index is -0.0430. The van der Waals surface area contributed by atoms with Crippen LogP contribution in [0.5, 0.6) is 0 Å². The first kappa shape index (κ1) is 13.2. The molecule has 1 aliphatic heterocycles. The second-order valence-corrected chi connectivity index (χ2v) is 5.98. The smallest absolute Gasteiger partial charge is 0.0615 e. The van der Waals surface area contributed by atoms with Gasteiger partial charge in [-0.25, -0.2) is 0 Å². The Balaban J connectivity index is 1.93. The van der Waals surface area contributed by atoms with Crippen molar-refractivity contribution in [1.29, 1.82) is 0 Å².